The molecule has 0 radical (unpaired) electrons. The number of aromatic nitrogens is 1. The van der Waals surface area contributed by atoms with Gasteiger partial charge in [0.25, 0.3) is 5.91 Å². The Hall–Kier alpha value is -2.41. The molecule has 2 heterocycles. The smallest absolute Gasteiger partial charge is 0.267 e. The molecule has 1 fully saturated rings. The van der Waals surface area contributed by atoms with E-state index in [-0.39, 0.29) is 17.7 Å². The lowest BCUT2D eigenvalue weighted by Crippen LogP contribution is -2.41. The Morgan fingerprint density at radius 2 is 2.00 bits per heavy atom. The molecule has 1 aliphatic carbocycles. The average molecular weight is 430 g/mol. The highest BCUT2D eigenvalue weighted by Gasteiger charge is 2.32. The van der Waals surface area contributed by atoms with Gasteiger partial charge in [0, 0.05) is 22.6 Å². The third-order valence-corrected chi connectivity index (χ3v) is 5.66. The van der Waals surface area contributed by atoms with Crippen LogP contribution in [0, 0.1) is 12.8 Å². The maximum Gasteiger partial charge on any atom is 0.267 e. The zero-order valence-electron chi connectivity index (χ0n) is 14.9. The van der Waals surface area contributed by atoms with E-state index in [1.54, 1.807) is 13.0 Å². The fraction of sp³-hybridized carbons (Fsp3) is 0.350. The molecule has 2 aromatic rings. The van der Waals surface area contributed by atoms with Crippen molar-refractivity contribution in [1.82, 2.24) is 15.8 Å². The topological polar surface area (TPSA) is 84.2 Å². The molecule has 1 aromatic carbocycles. The SMILES string of the molecule is Cc1onc(-c2ccc(Br)cc2)c1C(=O)C1C=C(C(=O)NC2CCC2)NC1. The van der Waals surface area contributed by atoms with Crippen LogP contribution in [-0.4, -0.2) is 29.4 Å². The largest absolute Gasteiger partial charge is 0.380 e. The van der Waals surface area contributed by atoms with Crippen LogP contribution in [0.2, 0.25) is 0 Å². The maximum atomic E-state index is 13.1. The fourth-order valence-electron chi connectivity index (χ4n) is 3.33. The molecule has 1 atom stereocenters. The summed E-state index contributed by atoms with van der Waals surface area (Å²) in [7, 11) is 0. The number of aryl methyl sites for hydroxylation is 1. The number of hydrogen-bond donors (Lipinski definition) is 2. The maximum absolute atomic E-state index is 13.1. The molecule has 1 unspecified atom stereocenters. The summed E-state index contributed by atoms with van der Waals surface area (Å²) in [6.45, 7) is 2.13. The second-order valence-corrected chi connectivity index (χ2v) is 7.92. The minimum atomic E-state index is -0.417. The normalized spacial score (nSPS) is 19.2. The van der Waals surface area contributed by atoms with Crippen molar-refractivity contribution in [3.8, 4) is 11.3 Å². The number of benzene rings is 1. The van der Waals surface area contributed by atoms with Crippen molar-refractivity contribution in [2.75, 3.05) is 6.54 Å². The van der Waals surface area contributed by atoms with Crippen molar-refractivity contribution < 1.29 is 14.1 Å². The molecule has 1 aromatic heterocycles. The lowest BCUT2D eigenvalue weighted by Gasteiger charge is -2.26. The van der Waals surface area contributed by atoms with Gasteiger partial charge in [-0.25, -0.2) is 0 Å². The van der Waals surface area contributed by atoms with Crippen LogP contribution in [0.5, 0.6) is 0 Å². The van der Waals surface area contributed by atoms with Crippen LogP contribution < -0.4 is 10.6 Å². The number of carbonyl (C=O) groups is 2. The molecule has 0 saturated heterocycles. The number of nitrogens with zero attached hydrogens (tertiary/aromatic N) is 1. The first-order chi connectivity index (χ1) is 13.0. The second kappa shape index (κ2) is 7.31. The summed E-state index contributed by atoms with van der Waals surface area (Å²) in [5, 5.41) is 10.1. The van der Waals surface area contributed by atoms with Crippen molar-refractivity contribution in [3.05, 3.63) is 51.8 Å². The number of ketones is 1. The van der Waals surface area contributed by atoms with E-state index >= 15 is 0 Å². The molecule has 6 nitrogen and oxygen atoms in total. The van der Waals surface area contributed by atoms with Crippen molar-refractivity contribution >= 4 is 27.6 Å². The van der Waals surface area contributed by atoms with Crippen LogP contribution >= 0.6 is 15.9 Å². The van der Waals surface area contributed by atoms with Crippen LogP contribution in [0.15, 0.2) is 45.0 Å². The molecule has 1 amide bonds. The van der Waals surface area contributed by atoms with Crippen LogP contribution in [0.25, 0.3) is 11.3 Å². The summed E-state index contributed by atoms with van der Waals surface area (Å²) < 4.78 is 6.26. The summed E-state index contributed by atoms with van der Waals surface area (Å²) >= 11 is 3.41. The van der Waals surface area contributed by atoms with Crippen LogP contribution in [0.1, 0.15) is 35.4 Å². The van der Waals surface area contributed by atoms with E-state index in [1.165, 1.54) is 0 Å². The Morgan fingerprint density at radius 3 is 2.67 bits per heavy atom. The van der Waals surface area contributed by atoms with Crippen molar-refractivity contribution in [3.63, 3.8) is 0 Å². The number of carbonyl (C=O) groups excluding carboxylic acids is 2. The Bertz CT molecular complexity index is 913. The number of nitrogens with one attached hydrogen (secondary N) is 2. The summed E-state index contributed by atoms with van der Waals surface area (Å²) in [5.41, 5.74) is 2.29. The Labute approximate surface area is 165 Å². The van der Waals surface area contributed by atoms with Gasteiger partial charge >= 0.3 is 0 Å². The molecule has 140 valence electrons. The minimum absolute atomic E-state index is 0.0920. The van der Waals surface area contributed by atoms with Gasteiger partial charge in [0.2, 0.25) is 0 Å². The first-order valence-electron chi connectivity index (χ1n) is 9.06. The monoisotopic (exact) mass is 429 g/mol. The Kier molecular flexibility index (Phi) is 4.86. The zero-order valence-corrected chi connectivity index (χ0v) is 16.5. The van der Waals surface area contributed by atoms with Gasteiger partial charge in [-0.3, -0.25) is 9.59 Å². The fourth-order valence-corrected chi connectivity index (χ4v) is 3.60. The van der Waals surface area contributed by atoms with Gasteiger partial charge in [-0.15, -0.1) is 0 Å². The van der Waals surface area contributed by atoms with Gasteiger partial charge in [0.15, 0.2) is 5.78 Å². The third-order valence-electron chi connectivity index (χ3n) is 5.13. The summed E-state index contributed by atoms with van der Waals surface area (Å²) in [6.07, 6.45) is 4.92. The highest BCUT2D eigenvalue weighted by molar-refractivity contribution is 9.10. The van der Waals surface area contributed by atoms with E-state index in [0.717, 1.165) is 29.3 Å². The number of Topliss-reactive ketones (excluding diaryl/α,β-unsaturated/α-hetero) is 1. The first kappa shape index (κ1) is 18.0. The molecule has 2 aliphatic rings. The minimum Gasteiger partial charge on any atom is -0.380 e. The van der Waals surface area contributed by atoms with Gasteiger partial charge in [0.1, 0.15) is 11.5 Å². The van der Waals surface area contributed by atoms with Crippen LogP contribution in [0.3, 0.4) is 0 Å². The molecule has 4 rings (SSSR count). The van der Waals surface area contributed by atoms with Gasteiger partial charge in [-0.05, 0) is 44.4 Å². The van der Waals surface area contributed by atoms with E-state index in [2.05, 4.69) is 31.7 Å². The van der Waals surface area contributed by atoms with Crippen molar-refractivity contribution in [2.45, 2.75) is 32.2 Å². The van der Waals surface area contributed by atoms with E-state index < -0.39 is 5.92 Å². The van der Waals surface area contributed by atoms with Crippen LogP contribution in [-0.2, 0) is 4.79 Å². The number of halogens is 1. The lowest BCUT2D eigenvalue weighted by molar-refractivity contribution is -0.119. The zero-order chi connectivity index (χ0) is 19.0. The second-order valence-electron chi connectivity index (χ2n) is 7.00. The standard InChI is InChI=1S/C20H20BrN3O3/c1-11-17(18(24-27-11)12-5-7-14(21)8-6-12)19(25)13-9-16(22-10-13)20(26)23-15-3-2-4-15/h5-9,13,15,22H,2-4,10H2,1H3,(H,23,26). The van der Waals surface area contributed by atoms with E-state index in [4.69, 9.17) is 4.52 Å². The molecule has 0 spiro atoms. The number of rotatable bonds is 5. The highest BCUT2D eigenvalue weighted by Crippen LogP contribution is 2.30. The van der Waals surface area contributed by atoms with Gasteiger partial charge in [0.05, 0.1) is 17.2 Å². The average Bonchev–Trinajstić information content (AvgIpc) is 3.25. The van der Waals surface area contributed by atoms with Gasteiger partial charge < -0.3 is 15.2 Å². The first-order valence-corrected chi connectivity index (χ1v) is 9.85. The molecule has 0 bridgehead atoms. The molecular formula is C20H20BrN3O3. The van der Waals surface area contributed by atoms with Gasteiger partial charge in [-0.2, -0.15) is 0 Å². The summed E-state index contributed by atoms with van der Waals surface area (Å²) in [5.74, 6) is -0.158. The predicted octanol–water partition coefficient (Wildman–Crippen LogP) is 3.37. The summed E-state index contributed by atoms with van der Waals surface area (Å²) in [4.78, 5) is 25.4. The number of hydrogen-bond acceptors (Lipinski definition) is 5. The third kappa shape index (κ3) is 3.56. The van der Waals surface area contributed by atoms with Crippen molar-refractivity contribution in [1.29, 1.82) is 0 Å². The van der Waals surface area contributed by atoms with Crippen molar-refractivity contribution in [2.24, 2.45) is 5.92 Å². The van der Waals surface area contributed by atoms with Gasteiger partial charge in [-0.1, -0.05) is 33.2 Å². The molecule has 1 aliphatic heterocycles. The molecule has 27 heavy (non-hydrogen) atoms. The predicted molar refractivity (Wildman–Crippen MR) is 104 cm³/mol. The highest BCUT2D eigenvalue weighted by atomic mass is 79.9. The van der Waals surface area contributed by atoms with E-state index in [1.807, 2.05) is 24.3 Å². The van der Waals surface area contributed by atoms with E-state index in [9.17, 15) is 9.59 Å². The Balaban J connectivity index is 1.55. The quantitative estimate of drug-likeness (QED) is 0.711. The molecule has 2 N–H and O–H groups in total. The van der Waals surface area contributed by atoms with E-state index in [0.29, 0.717) is 29.3 Å². The molecular weight excluding hydrogens is 410 g/mol. The Morgan fingerprint density at radius 1 is 1.26 bits per heavy atom. The van der Waals surface area contributed by atoms with Crippen LogP contribution in [0.4, 0.5) is 0 Å². The summed E-state index contributed by atoms with van der Waals surface area (Å²) in [6, 6.07) is 7.83. The lowest BCUT2D eigenvalue weighted by atomic mass is 9.93. The number of amides is 1. The molecule has 1 saturated carbocycles. The molecule has 7 heteroatoms.